The zero-order valence-corrected chi connectivity index (χ0v) is 8.94. The smallest absolute Gasteiger partial charge is 0.329 e. The number of hydrogen-bond donors (Lipinski definition) is 3. The van der Waals surface area contributed by atoms with Crippen molar-refractivity contribution in [3.8, 4) is 11.5 Å². The van der Waals surface area contributed by atoms with Crippen LogP contribution in [-0.2, 0) is 4.79 Å². The zero-order chi connectivity index (χ0) is 11.7. The molecule has 1 aliphatic rings. The summed E-state index contributed by atoms with van der Waals surface area (Å²) in [7, 11) is 0. The predicted molar refractivity (Wildman–Crippen MR) is 60.2 cm³/mol. The molecule has 1 atom stereocenters. The first-order valence-corrected chi connectivity index (χ1v) is 5.52. The standard InChI is InChI=1S/C10H9NO4S/c12-5-1-2-6(8(13)3-5)9-11-7(4-16-9)10(14)15/h1-3,7,12-13H,4H2,(H,14,15)/t7-/m0/s1. The van der Waals surface area contributed by atoms with Crippen LogP contribution in [0.25, 0.3) is 0 Å². The van der Waals surface area contributed by atoms with E-state index in [1.54, 1.807) is 0 Å². The monoisotopic (exact) mass is 239 g/mol. The van der Waals surface area contributed by atoms with E-state index in [1.807, 2.05) is 0 Å². The van der Waals surface area contributed by atoms with Crippen molar-refractivity contribution in [3.63, 3.8) is 0 Å². The third kappa shape index (κ3) is 1.96. The van der Waals surface area contributed by atoms with Crippen LogP contribution in [0, 0.1) is 0 Å². The average molecular weight is 239 g/mol. The number of nitrogens with zero attached hydrogens (tertiary/aromatic N) is 1. The summed E-state index contributed by atoms with van der Waals surface area (Å²) in [6, 6.07) is 3.38. The van der Waals surface area contributed by atoms with E-state index in [0.29, 0.717) is 16.4 Å². The van der Waals surface area contributed by atoms with Crippen molar-refractivity contribution in [2.45, 2.75) is 6.04 Å². The minimum Gasteiger partial charge on any atom is -0.508 e. The highest BCUT2D eigenvalue weighted by atomic mass is 32.2. The molecule has 3 N–H and O–H groups in total. The molecule has 0 saturated heterocycles. The molecule has 0 bridgehead atoms. The van der Waals surface area contributed by atoms with Crippen LogP contribution in [-0.4, -0.2) is 38.1 Å². The van der Waals surface area contributed by atoms with Gasteiger partial charge in [0.1, 0.15) is 16.5 Å². The van der Waals surface area contributed by atoms with Crippen molar-refractivity contribution < 1.29 is 20.1 Å². The highest BCUT2D eigenvalue weighted by molar-refractivity contribution is 8.14. The van der Waals surface area contributed by atoms with E-state index in [4.69, 9.17) is 10.2 Å². The van der Waals surface area contributed by atoms with Gasteiger partial charge in [0.25, 0.3) is 0 Å². The quantitative estimate of drug-likeness (QED) is 0.717. The highest BCUT2D eigenvalue weighted by Crippen LogP contribution is 2.30. The van der Waals surface area contributed by atoms with E-state index in [1.165, 1.54) is 30.0 Å². The fourth-order valence-electron chi connectivity index (χ4n) is 1.35. The fourth-order valence-corrected chi connectivity index (χ4v) is 2.41. The maximum atomic E-state index is 10.7. The molecule has 1 aliphatic heterocycles. The molecule has 5 nitrogen and oxygen atoms in total. The summed E-state index contributed by atoms with van der Waals surface area (Å²) in [5.74, 6) is -0.747. The second-order valence-corrected chi connectivity index (χ2v) is 4.31. The van der Waals surface area contributed by atoms with Gasteiger partial charge < -0.3 is 15.3 Å². The molecular formula is C10H9NO4S. The molecule has 0 fully saturated rings. The van der Waals surface area contributed by atoms with Crippen molar-refractivity contribution in [2.75, 3.05) is 5.75 Å². The lowest BCUT2D eigenvalue weighted by Crippen LogP contribution is -2.17. The molecule has 1 heterocycles. The average Bonchev–Trinajstić information content (AvgIpc) is 2.66. The summed E-state index contributed by atoms with van der Waals surface area (Å²) >= 11 is 1.28. The molecule has 0 unspecified atom stereocenters. The van der Waals surface area contributed by atoms with Crippen LogP contribution in [0.1, 0.15) is 5.56 Å². The van der Waals surface area contributed by atoms with Crippen molar-refractivity contribution in [3.05, 3.63) is 23.8 Å². The molecule has 6 heteroatoms. The van der Waals surface area contributed by atoms with Crippen LogP contribution in [0.5, 0.6) is 11.5 Å². The Hall–Kier alpha value is -1.69. The largest absolute Gasteiger partial charge is 0.508 e. The molecule has 0 aliphatic carbocycles. The Morgan fingerprint density at radius 1 is 1.44 bits per heavy atom. The Balaban J connectivity index is 2.32. The maximum Gasteiger partial charge on any atom is 0.329 e. The van der Waals surface area contributed by atoms with Crippen LogP contribution in [0.15, 0.2) is 23.2 Å². The minimum absolute atomic E-state index is 0.0420. The second-order valence-electron chi connectivity index (χ2n) is 3.30. The summed E-state index contributed by atoms with van der Waals surface area (Å²) < 4.78 is 0. The number of aromatic hydroxyl groups is 2. The van der Waals surface area contributed by atoms with Gasteiger partial charge in [-0.25, -0.2) is 4.79 Å². The number of benzene rings is 1. The van der Waals surface area contributed by atoms with Gasteiger partial charge in [0.15, 0.2) is 6.04 Å². The number of thioether (sulfide) groups is 1. The molecule has 0 radical (unpaired) electrons. The molecule has 16 heavy (non-hydrogen) atoms. The first kappa shape index (κ1) is 10.8. The molecule has 0 aromatic heterocycles. The van der Waals surface area contributed by atoms with E-state index in [-0.39, 0.29) is 11.5 Å². The number of phenolic OH excluding ortho intramolecular Hbond substituents is 2. The van der Waals surface area contributed by atoms with Crippen LogP contribution in [0.2, 0.25) is 0 Å². The summed E-state index contributed by atoms with van der Waals surface area (Å²) in [6.45, 7) is 0. The van der Waals surface area contributed by atoms with Crippen molar-refractivity contribution in [2.24, 2.45) is 4.99 Å². The Bertz CT molecular complexity index is 472. The van der Waals surface area contributed by atoms with Crippen LogP contribution < -0.4 is 0 Å². The van der Waals surface area contributed by atoms with Crippen molar-refractivity contribution >= 4 is 22.8 Å². The predicted octanol–water partition coefficient (Wildman–Crippen LogP) is 1.04. The van der Waals surface area contributed by atoms with Crippen LogP contribution in [0.3, 0.4) is 0 Å². The molecule has 2 rings (SSSR count). The number of carbonyl (C=O) groups is 1. The highest BCUT2D eigenvalue weighted by Gasteiger charge is 2.26. The third-order valence-corrected chi connectivity index (χ3v) is 3.23. The van der Waals surface area contributed by atoms with Gasteiger partial charge in [-0.1, -0.05) is 0 Å². The number of aliphatic carboxylic acids is 1. The normalized spacial score (nSPS) is 19.5. The van der Waals surface area contributed by atoms with Gasteiger partial charge in [-0.15, -0.1) is 11.8 Å². The summed E-state index contributed by atoms with van der Waals surface area (Å²) in [6.07, 6.45) is 0. The first-order chi connectivity index (χ1) is 7.58. The number of carboxylic acids is 1. The number of rotatable bonds is 2. The lowest BCUT2D eigenvalue weighted by atomic mass is 10.2. The molecule has 1 aromatic rings. The summed E-state index contributed by atoms with van der Waals surface area (Å²) in [4.78, 5) is 14.7. The minimum atomic E-state index is -0.972. The summed E-state index contributed by atoms with van der Waals surface area (Å²) in [5, 5.41) is 28.0. The van der Waals surface area contributed by atoms with Gasteiger partial charge in [-0.3, -0.25) is 4.99 Å². The van der Waals surface area contributed by atoms with E-state index >= 15 is 0 Å². The number of aliphatic imine (C=N–C) groups is 1. The Labute approximate surface area is 95.4 Å². The molecular weight excluding hydrogens is 230 g/mol. The van der Waals surface area contributed by atoms with Gasteiger partial charge in [0, 0.05) is 17.4 Å². The van der Waals surface area contributed by atoms with E-state index < -0.39 is 12.0 Å². The number of carboxylic acid groups (broad SMARTS) is 1. The van der Waals surface area contributed by atoms with Gasteiger partial charge >= 0.3 is 5.97 Å². The maximum absolute atomic E-state index is 10.7. The molecule has 0 spiro atoms. The number of hydrogen-bond acceptors (Lipinski definition) is 5. The van der Waals surface area contributed by atoms with Crippen molar-refractivity contribution in [1.82, 2.24) is 0 Å². The van der Waals surface area contributed by atoms with Crippen LogP contribution in [0.4, 0.5) is 0 Å². The van der Waals surface area contributed by atoms with Crippen LogP contribution >= 0.6 is 11.8 Å². The Morgan fingerprint density at radius 3 is 2.75 bits per heavy atom. The Morgan fingerprint density at radius 2 is 2.19 bits per heavy atom. The van der Waals surface area contributed by atoms with Gasteiger partial charge in [-0.2, -0.15) is 0 Å². The Kier molecular flexibility index (Phi) is 2.74. The second kappa shape index (κ2) is 4.05. The molecule has 0 saturated carbocycles. The van der Waals surface area contributed by atoms with E-state index in [9.17, 15) is 9.90 Å². The lowest BCUT2D eigenvalue weighted by Gasteiger charge is -2.03. The summed E-state index contributed by atoms with van der Waals surface area (Å²) in [5.41, 5.74) is 0.451. The fraction of sp³-hybridized carbons (Fsp3) is 0.200. The molecule has 0 amide bonds. The molecule has 1 aromatic carbocycles. The lowest BCUT2D eigenvalue weighted by molar-refractivity contribution is -0.137. The van der Waals surface area contributed by atoms with Gasteiger partial charge in [0.2, 0.25) is 0 Å². The zero-order valence-electron chi connectivity index (χ0n) is 8.12. The number of phenols is 2. The molecule has 84 valence electrons. The van der Waals surface area contributed by atoms with Gasteiger partial charge in [-0.05, 0) is 12.1 Å². The topological polar surface area (TPSA) is 90.1 Å². The van der Waals surface area contributed by atoms with E-state index in [2.05, 4.69) is 4.99 Å². The third-order valence-electron chi connectivity index (χ3n) is 2.15. The van der Waals surface area contributed by atoms with Gasteiger partial charge in [0.05, 0.1) is 0 Å². The first-order valence-electron chi connectivity index (χ1n) is 4.53. The SMILES string of the molecule is O=C(O)[C@@H]1CSC(c2ccc(O)cc2O)=N1. The van der Waals surface area contributed by atoms with E-state index in [0.717, 1.165) is 0 Å². The van der Waals surface area contributed by atoms with Crippen molar-refractivity contribution in [1.29, 1.82) is 0 Å².